The molecule has 0 saturated heterocycles. The zero-order chi connectivity index (χ0) is 14.6. The minimum Gasteiger partial charge on any atom is -0.481 e. The van der Waals surface area contributed by atoms with Gasteiger partial charge in [-0.25, -0.2) is 8.42 Å². The van der Waals surface area contributed by atoms with Crippen molar-refractivity contribution in [2.24, 2.45) is 0 Å². The fraction of sp³-hybridized carbons (Fsp3) is 0.273. The number of sulfonamides is 1. The van der Waals surface area contributed by atoms with E-state index in [4.69, 9.17) is 5.11 Å². The van der Waals surface area contributed by atoms with E-state index in [1.165, 1.54) is 12.1 Å². The second-order valence-corrected chi connectivity index (χ2v) is 5.77. The number of rotatable bonds is 5. The number of carboxylic acid groups (broad SMARTS) is 1. The largest absolute Gasteiger partial charge is 0.481 e. The highest BCUT2D eigenvalue weighted by Crippen LogP contribution is 2.20. The normalized spacial score (nSPS) is 10.8. The van der Waals surface area contributed by atoms with Crippen molar-refractivity contribution in [2.45, 2.75) is 13.3 Å². The summed E-state index contributed by atoms with van der Waals surface area (Å²) in [7, 11) is -3.37. The molecule has 0 aliphatic heterocycles. The average molecular weight is 286 g/mol. The molecule has 1 aromatic carbocycles. The molecule has 0 aromatic heterocycles. The summed E-state index contributed by atoms with van der Waals surface area (Å²) in [4.78, 5) is 21.6. The van der Waals surface area contributed by atoms with Crippen molar-refractivity contribution in [2.75, 3.05) is 16.3 Å². The van der Waals surface area contributed by atoms with Gasteiger partial charge in [-0.2, -0.15) is 0 Å². The molecule has 1 aromatic rings. The number of anilines is 2. The molecule has 8 heteroatoms. The third kappa shape index (κ3) is 5.38. The highest BCUT2D eigenvalue weighted by molar-refractivity contribution is 7.92. The van der Waals surface area contributed by atoms with Gasteiger partial charge in [0.2, 0.25) is 15.9 Å². The second kappa shape index (κ2) is 5.70. The van der Waals surface area contributed by atoms with Crippen LogP contribution in [0.25, 0.3) is 0 Å². The van der Waals surface area contributed by atoms with Gasteiger partial charge >= 0.3 is 5.97 Å². The summed E-state index contributed by atoms with van der Waals surface area (Å²) in [6.45, 7) is 1.67. The lowest BCUT2D eigenvalue weighted by Gasteiger charge is -2.10. The topological polar surface area (TPSA) is 113 Å². The molecule has 0 heterocycles. The smallest absolute Gasteiger partial charge is 0.312 e. The number of carboxylic acids is 1. The Bertz CT molecular complexity index is 610. The van der Waals surface area contributed by atoms with Gasteiger partial charge in [-0.3, -0.25) is 14.3 Å². The van der Waals surface area contributed by atoms with E-state index in [1.54, 1.807) is 13.0 Å². The average Bonchev–Trinajstić information content (AvgIpc) is 2.19. The van der Waals surface area contributed by atoms with Crippen LogP contribution in [0.4, 0.5) is 11.4 Å². The molecule has 0 fully saturated rings. The van der Waals surface area contributed by atoms with Crippen LogP contribution in [0.15, 0.2) is 18.2 Å². The van der Waals surface area contributed by atoms with Crippen LogP contribution in [0.5, 0.6) is 0 Å². The number of nitrogens with one attached hydrogen (secondary N) is 2. The van der Waals surface area contributed by atoms with Gasteiger partial charge in [-0.05, 0) is 30.7 Å². The van der Waals surface area contributed by atoms with Crippen LogP contribution < -0.4 is 10.0 Å². The maximum atomic E-state index is 11.2. The van der Waals surface area contributed by atoms with E-state index in [0.29, 0.717) is 16.9 Å². The van der Waals surface area contributed by atoms with Gasteiger partial charge in [-0.15, -0.1) is 0 Å². The quantitative estimate of drug-likeness (QED) is 0.692. The zero-order valence-corrected chi connectivity index (χ0v) is 11.2. The Morgan fingerprint density at radius 2 is 1.95 bits per heavy atom. The molecule has 0 saturated carbocycles. The number of aryl methyl sites for hydroxylation is 1. The van der Waals surface area contributed by atoms with Crippen molar-refractivity contribution >= 4 is 33.3 Å². The second-order valence-electron chi connectivity index (χ2n) is 4.02. The van der Waals surface area contributed by atoms with Gasteiger partial charge in [0, 0.05) is 5.69 Å². The number of amides is 1. The van der Waals surface area contributed by atoms with E-state index in [2.05, 4.69) is 10.0 Å². The van der Waals surface area contributed by atoms with Crippen LogP contribution in [0, 0.1) is 6.92 Å². The summed E-state index contributed by atoms with van der Waals surface area (Å²) in [6.07, 6.45) is 0.414. The van der Waals surface area contributed by atoms with Crippen LogP contribution >= 0.6 is 0 Å². The maximum Gasteiger partial charge on any atom is 0.312 e. The molecule has 0 radical (unpaired) electrons. The molecule has 1 rings (SSSR count). The summed E-state index contributed by atoms with van der Waals surface area (Å²) in [5.74, 6) is -1.86. The first-order valence-electron chi connectivity index (χ1n) is 5.27. The monoisotopic (exact) mass is 286 g/mol. The van der Waals surface area contributed by atoms with E-state index >= 15 is 0 Å². The molecular formula is C11H14N2O5S. The summed E-state index contributed by atoms with van der Waals surface area (Å²) in [6, 6.07) is 4.53. The minimum atomic E-state index is -3.37. The number of hydrogen-bond acceptors (Lipinski definition) is 4. The molecule has 0 aliphatic carbocycles. The van der Waals surface area contributed by atoms with Gasteiger partial charge in [0.25, 0.3) is 0 Å². The Balaban J connectivity index is 2.82. The summed E-state index contributed by atoms with van der Waals surface area (Å²) < 4.78 is 24.5. The van der Waals surface area contributed by atoms with Crippen LogP contribution in [0.1, 0.15) is 12.0 Å². The number of carbonyl (C=O) groups is 2. The Morgan fingerprint density at radius 3 is 2.42 bits per heavy atom. The predicted molar refractivity (Wildman–Crippen MR) is 70.5 cm³/mol. The molecule has 3 N–H and O–H groups in total. The minimum absolute atomic E-state index is 0.402. The van der Waals surface area contributed by atoms with E-state index < -0.39 is 28.3 Å². The maximum absolute atomic E-state index is 11.2. The molecular weight excluding hydrogens is 272 g/mol. The first-order valence-corrected chi connectivity index (χ1v) is 7.16. The Morgan fingerprint density at radius 1 is 1.32 bits per heavy atom. The van der Waals surface area contributed by atoms with Crippen LogP contribution in [0.2, 0.25) is 0 Å². The number of carbonyl (C=O) groups excluding carboxylic acids is 1. The number of aliphatic carboxylic acids is 1. The highest BCUT2D eigenvalue weighted by Gasteiger charge is 2.09. The fourth-order valence-corrected chi connectivity index (χ4v) is 2.03. The van der Waals surface area contributed by atoms with Crippen molar-refractivity contribution in [1.29, 1.82) is 0 Å². The van der Waals surface area contributed by atoms with E-state index in [9.17, 15) is 18.0 Å². The molecule has 7 nitrogen and oxygen atoms in total. The standard InChI is InChI=1S/C11H14N2O5S/c1-7-5-8(12-10(14)6-11(15)16)3-4-9(7)13-19(2,17)18/h3-5,13H,6H2,1-2H3,(H,12,14)(H,15,16). The molecule has 19 heavy (non-hydrogen) atoms. The molecule has 1 amide bonds. The highest BCUT2D eigenvalue weighted by atomic mass is 32.2. The van der Waals surface area contributed by atoms with Crippen molar-refractivity contribution < 1.29 is 23.1 Å². The van der Waals surface area contributed by atoms with E-state index in [1.807, 2.05) is 0 Å². The zero-order valence-electron chi connectivity index (χ0n) is 10.4. The lowest BCUT2D eigenvalue weighted by molar-refractivity contribution is -0.139. The Hall–Kier alpha value is -2.09. The molecule has 0 bridgehead atoms. The van der Waals surface area contributed by atoms with E-state index in [0.717, 1.165) is 6.26 Å². The lowest BCUT2D eigenvalue weighted by atomic mass is 10.2. The van der Waals surface area contributed by atoms with Crippen molar-refractivity contribution in [1.82, 2.24) is 0 Å². The SMILES string of the molecule is Cc1cc(NC(=O)CC(=O)O)ccc1NS(C)(=O)=O. The van der Waals surface area contributed by atoms with Crippen LogP contribution in [0.3, 0.4) is 0 Å². The van der Waals surface area contributed by atoms with Crippen molar-refractivity contribution in [3.63, 3.8) is 0 Å². The Labute approximate surface area is 110 Å². The fourth-order valence-electron chi connectivity index (χ4n) is 1.40. The molecule has 0 unspecified atom stereocenters. The van der Waals surface area contributed by atoms with Crippen LogP contribution in [-0.4, -0.2) is 31.7 Å². The first-order chi connectivity index (χ1) is 8.67. The van der Waals surface area contributed by atoms with E-state index in [-0.39, 0.29) is 0 Å². The molecule has 0 aliphatic rings. The molecule has 0 atom stereocenters. The van der Waals surface area contributed by atoms with Gasteiger partial charge in [0.1, 0.15) is 6.42 Å². The summed E-state index contributed by atoms with van der Waals surface area (Å²) in [5, 5.41) is 10.9. The lowest BCUT2D eigenvalue weighted by Crippen LogP contribution is -2.16. The van der Waals surface area contributed by atoms with Gasteiger partial charge in [-0.1, -0.05) is 0 Å². The number of benzene rings is 1. The van der Waals surface area contributed by atoms with Gasteiger partial charge in [0.05, 0.1) is 11.9 Å². The molecule has 104 valence electrons. The van der Waals surface area contributed by atoms with Crippen molar-refractivity contribution in [3.05, 3.63) is 23.8 Å². The van der Waals surface area contributed by atoms with Gasteiger partial charge in [0.15, 0.2) is 0 Å². The van der Waals surface area contributed by atoms with Gasteiger partial charge < -0.3 is 10.4 Å². The van der Waals surface area contributed by atoms with Crippen molar-refractivity contribution in [3.8, 4) is 0 Å². The number of hydrogen-bond donors (Lipinski definition) is 3. The third-order valence-electron chi connectivity index (χ3n) is 2.12. The summed E-state index contributed by atoms with van der Waals surface area (Å²) >= 11 is 0. The summed E-state index contributed by atoms with van der Waals surface area (Å²) in [5.41, 5.74) is 1.42. The molecule has 0 spiro atoms. The Kier molecular flexibility index (Phi) is 4.49. The predicted octanol–water partition coefficient (Wildman–Crippen LogP) is 0.780. The third-order valence-corrected chi connectivity index (χ3v) is 2.71. The first kappa shape index (κ1) is 15.0. The van der Waals surface area contributed by atoms with Crippen LogP contribution in [-0.2, 0) is 19.6 Å².